The molecule has 3 rings (SSSR count). The van der Waals surface area contributed by atoms with Crippen molar-refractivity contribution in [1.82, 2.24) is 9.97 Å². The molecule has 1 amide bonds. The van der Waals surface area contributed by atoms with Crippen LogP contribution in [0.15, 0.2) is 59.6 Å². The van der Waals surface area contributed by atoms with E-state index in [9.17, 15) is 4.79 Å². The van der Waals surface area contributed by atoms with Crippen molar-refractivity contribution in [3.8, 4) is 0 Å². The average Bonchev–Trinajstić information content (AvgIpc) is 2.70. The fourth-order valence-electron chi connectivity index (χ4n) is 2.75. The Balaban J connectivity index is 1.55. The molecule has 3 aromatic rings. The Kier molecular flexibility index (Phi) is 8.23. The van der Waals surface area contributed by atoms with Gasteiger partial charge in [-0.05, 0) is 74.7 Å². The number of aromatic nitrogens is 2. The van der Waals surface area contributed by atoms with Gasteiger partial charge in [-0.3, -0.25) is 5.32 Å². The summed E-state index contributed by atoms with van der Waals surface area (Å²) in [6.45, 7) is 5.50. The molecule has 2 aromatic carbocycles. The number of ether oxygens (including phenoxy) is 1. The first-order chi connectivity index (χ1) is 15.2. The molecule has 0 bridgehead atoms. The number of hydrogen-bond donors (Lipinski definition) is 2. The molecule has 6 nitrogen and oxygen atoms in total. The van der Waals surface area contributed by atoms with Gasteiger partial charge in [0.1, 0.15) is 10.6 Å². The molecule has 168 valence electrons. The van der Waals surface area contributed by atoms with E-state index in [1.165, 1.54) is 11.8 Å². The minimum Gasteiger partial charge on any atom is -0.444 e. The lowest BCUT2D eigenvalue weighted by Gasteiger charge is -2.19. The van der Waals surface area contributed by atoms with Gasteiger partial charge in [0.25, 0.3) is 0 Å². The standard InChI is InChI=1S/C23H24Cl2N4O2S/c1-23(2,3)31-22(30)28-17-8-5-9-18(13-17)32-11-10-15-6-4-7-16(12-15)27-20-19(24)14-26-21(25)29-20/h4-9,12-14H,10-11H2,1-3H3,(H,28,30)(H,26,27,29). The van der Waals surface area contributed by atoms with Crippen molar-refractivity contribution in [2.75, 3.05) is 16.4 Å². The molecule has 0 unspecified atom stereocenters. The van der Waals surface area contributed by atoms with Gasteiger partial charge < -0.3 is 10.1 Å². The Morgan fingerprint density at radius 2 is 1.84 bits per heavy atom. The number of aryl methyl sites for hydroxylation is 1. The highest BCUT2D eigenvalue weighted by molar-refractivity contribution is 7.99. The van der Waals surface area contributed by atoms with Crippen molar-refractivity contribution in [3.63, 3.8) is 0 Å². The van der Waals surface area contributed by atoms with E-state index in [4.69, 9.17) is 27.9 Å². The molecule has 1 aromatic heterocycles. The third-order valence-corrected chi connectivity index (χ3v) is 5.50. The van der Waals surface area contributed by atoms with E-state index >= 15 is 0 Å². The number of carbonyl (C=O) groups excluding carboxylic acids is 1. The van der Waals surface area contributed by atoms with E-state index < -0.39 is 11.7 Å². The van der Waals surface area contributed by atoms with E-state index in [0.29, 0.717) is 16.5 Å². The molecule has 0 aliphatic heterocycles. The highest BCUT2D eigenvalue weighted by atomic mass is 35.5. The van der Waals surface area contributed by atoms with Crippen LogP contribution in [0.25, 0.3) is 0 Å². The Morgan fingerprint density at radius 1 is 1.09 bits per heavy atom. The molecule has 0 fully saturated rings. The van der Waals surface area contributed by atoms with Gasteiger partial charge in [-0.25, -0.2) is 9.78 Å². The monoisotopic (exact) mass is 490 g/mol. The number of benzene rings is 2. The average molecular weight is 491 g/mol. The third-order valence-electron chi connectivity index (χ3n) is 4.04. The second-order valence-electron chi connectivity index (χ2n) is 7.91. The Hall–Kier alpha value is -2.48. The van der Waals surface area contributed by atoms with Crippen molar-refractivity contribution >= 4 is 58.2 Å². The number of rotatable bonds is 7. The van der Waals surface area contributed by atoms with Crippen LogP contribution in [0.2, 0.25) is 10.3 Å². The van der Waals surface area contributed by atoms with Crippen LogP contribution in [-0.2, 0) is 11.2 Å². The fourth-order valence-corrected chi connectivity index (χ4v) is 3.98. The molecule has 0 atom stereocenters. The van der Waals surface area contributed by atoms with Crippen molar-refractivity contribution in [3.05, 3.63) is 70.6 Å². The highest BCUT2D eigenvalue weighted by Crippen LogP contribution is 2.26. The number of nitrogens with zero attached hydrogens (tertiary/aromatic N) is 2. The van der Waals surface area contributed by atoms with E-state index in [-0.39, 0.29) is 5.28 Å². The third kappa shape index (κ3) is 7.89. The molecule has 0 saturated heterocycles. The maximum Gasteiger partial charge on any atom is 0.412 e. The lowest BCUT2D eigenvalue weighted by atomic mass is 10.1. The van der Waals surface area contributed by atoms with Crippen molar-refractivity contribution in [1.29, 1.82) is 0 Å². The zero-order chi connectivity index (χ0) is 23.1. The molecule has 32 heavy (non-hydrogen) atoms. The zero-order valence-electron chi connectivity index (χ0n) is 18.0. The smallest absolute Gasteiger partial charge is 0.412 e. The summed E-state index contributed by atoms with van der Waals surface area (Å²) in [5, 5.41) is 6.48. The minimum atomic E-state index is -0.537. The van der Waals surface area contributed by atoms with Crippen LogP contribution in [0, 0.1) is 0 Å². The number of carbonyl (C=O) groups is 1. The van der Waals surface area contributed by atoms with E-state index in [1.807, 2.05) is 63.2 Å². The molecule has 9 heteroatoms. The molecule has 0 aliphatic rings. The molecule has 0 aliphatic carbocycles. The highest BCUT2D eigenvalue weighted by Gasteiger charge is 2.16. The van der Waals surface area contributed by atoms with Crippen LogP contribution >= 0.6 is 35.0 Å². The van der Waals surface area contributed by atoms with Crippen LogP contribution < -0.4 is 10.6 Å². The summed E-state index contributed by atoms with van der Waals surface area (Å²) in [5.74, 6) is 1.34. The Bertz CT molecular complexity index is 1090. The van der Waals surface area contributed by atoms with Crippen molar-refractivity contribution in [2.24, 2.45) is 0 Å². The summed E-state index contributed by atoms with van der Waals surface area (Å²) in [6.07, 6.45) is 1.86. The van der Waals surface area contributed by atoms with Crippen LogP contribution in [0.3, 0.4) is 0 Å². The maximum absolute atomic E-state index is 12.0. The molecule has 0 saturated carbocycles. The van der Waals surface area contributed by atoms with Gasteiger partial charge in [0.15, 0.2) is 5.82 Å². The zero-order valence-corrected chi connectivity index (χ0v) is 20.3. The molecule has 0 radical (unpaired) electrons. The summed E-state index contributed by atoms with van der Waals surface area (Å²) in [6, 6.07) is 15.7. The summed E-state index contributed by atoms with van der Waals surface area (Å²) < 4.78 is 5.30. The topological polar surface area (TPSA) is 76.1 Å². The van der Waals surface area contributed by atoms with Crippen LogP contribution in [-0.4, -0.2) is 27.4 Å². The van der Waals surface area contributed by atoms with Gasteiger partial charge >= 0.3 is 6.09 Å². The summed E-state index contributed by atoms with van der Waals surface area (Å²) in [4.78, 5) is 21.0. The number of nitrogens with one attached hydrogen (secondary N) is 2. The molecular formula is C23H24Cl2N4O2S. The Labute approximate surface area is 202 Å². The van der Waals surface area contributed by atoms with E-state index in [0.717, 1.165) is 22.8 Å². The Morgan fingerprint density at radius 3 is 2.62 bits per heavy atom. The van der Waals surface area contributed by atoms with Gasteiger partial charge in [-0.1, -0.05) is 29.8 Å². The molecule has 2 N–H and O–H groups in total. The lowest BCUT2D eigenvalue weighted by molar-refractivity contribution is 0.0636. The lowest BCUT2D eigenvalue weighted by Crippen LogP contribution is -2.27. The predicted molar refractivity (Wildman–Crippen MR) is 133 cm³/mol. The predicted octanol–water partition coefficient (Wildman–Crippen LogP) is 7.21. The van der Waals surface area contributed by atoms with Gasteiger partial charge in [0, 0.05) is 22.0 Å². The summed E-state index contributed by atoms with van der Waals surface area (Å²) in [7, 11) is 0. The minimum absolute atomic E-state index is 0.132. The van der Waals surface area contributed by atoms with E-state index in [2.05, 4.69) is 26.7 Å². The summed E-state index contributed by atoms with van der Waals surface area (Å²) >= 11 is 13.7. The first-order valence-electron chi connectivity index (χ1n) is 9.95. The number of anilines is 3. The summed E-state index contributed by atoms with van der Waals surface area (Å²) in [5.41, 5.74) is 2.20. The van der Waals surface area contributed by atoms with Crippen LogP contribution in [0.1, 0.15) is 26.3 Å². The van der Waals surface area contributed by atoms with Gasteiger partial charge in [0.2, 0.25) is 5.28 Å². The van der Waals surface area contributed by atoms with Crippen LogP contribution in [0.5, 0.6) is 0 Å². The quantitative estimate of drug-likeness (QED) is 0.269. The molecular weight excluding hydrogens is 467 g/mol. The van der Waals surface area contributed by atoms with Crippen molar-refractivity contribution in [2.45, 2.75) is 37.7 Å². The second-order valence-corrected chi connectivity index (χ2v) is 9.83. The van der Waals surface area contributed by atoms with Crippen LogP contribution in [0.4, 0.5) is 22.0 Å². The van der Waals surface area contributed by atoms with Gasteiger partial charge in [0.05, 0.1) is 6.20 Å². The number of halogens is 2. The van der Waals surface area contributed by atoms with E-state index in [1.54, 1.807) is 11.8 Å². The van der Waals surface area contributed by atoms with Gasteiger partial charge in [-0.2, -0.15) is 4.98 Å². The first-order valence-corrected chi connectivity index (χ1v) is 11.7. The normalized spacial score (nSPS) is 11.2. The number of thioether (sulfide) groups is 1. The SMILES string of the molecule is CC(C)(C)OC(=O)Nc1cccc(SCCc2cccc(Nc3nc(Cl)ncc3Cl)c2)c1. The fraction of sp³-hybridized carbons (Fsp3) is 0.261. The largest absolute Gasteiger partial charge is 0.444 e. The second kappa shape index (κ2) is 10.9. The molecule has 1 heterocycles. The number of amides is 1. The van der Waals surface area contributed by atoms with Gasteiger partial charge in [-0.15, -0.1) is 11.8 Å². The molecule has 0 spiro atoms. The maximum atomic E-state index is 12.0. The van der Waals surface area contributed by atoms with Crippen molar-refractivity contribution < 1.29 is 9.53 Å². The first kappa shape index (κ1) is 24.2. The number of hydrogen-bond acceptors (Lipinski definition) is 6.